The van der Waals surface area contributed by atoms with Gasteiger partial charge in [0.1, 0.15) is 57.8 Å². The van der Waals surface area contributed by atoms with E-state index in [2.05, 4.69) is 90.1 Å². The number of carbonyl (C=O) groups excluding carboxylic acids is 2. The number of carbonyl (C=O) groups is 2. The molecule has 0 heterocycles. The zero-order valence-corrected chi connectivity index (χ0v) is 94.0. The standard InChI is InChI=1S/C130H220N2O10/c1-9-17-23-29-35-41-47-53-59-65-71-77-83-89-99-137-123-107-116(96-98-118-110-128(142-104-94-88-82-76-70-64-58-52-46-40-34-28-22-14-6)120(106-122(114-132)130(134)136-16-8)112-126(118)140-102-92-86-80-74-68-62-56-50-44-38-32-26-20-12-4)124(138-100-90-84-78-72-66-60-54-48-42-36-30-24-18-10-2)108-115(123)95-97-117-109-127(141-103-93-87-81-75-69-63-57-51-45-39-33-27-21-13-5)119(105-121(113-131)129(133)135-15-7)111-125(117)139-101-91-85-79-73-67-61-55-49-43-37-31-25-19-11-3/h95-98,105-112H,9-94,99-104H2,1-8H3/b97-95+,98-96+,121-105+,122-106+. The molecule has 0 spiro atoms. The summed E-state index contributed by atoms with van der Waals surface area (Å²) in [7, 11) is 0. The molecule has 810 valence electrons. The fraction of sp³-hybridized carbons (Fsp3) is 0.769. The Hall–Kier alpha value is -6.66. The van der Waals surface area contributed by atoms with Gasteiger partial charge in [0.05, 0.1) is 52.9 Å². The molecule has 0 atom stereocenters. The first-order valence-electron chi connectivity index (χ1n) is 61.4. The van der Waals surface area contributed by atoms with Gasteiger partial charge in [-0.1, -0.05) is 567 Å². The molecule has 0 saturated carbocycles. The molecule has 12 nitrogen and oxygen atoms in total. The molecule has 3 aromatic carbocycles. The van der Waals surface area contributed by atoms with Crippen LogP contribution < -0.4 is 28.4 Å². The maximum absolute atomic E-state index is 13.6. The molecule has 0 aliphatic rings. The van der Waals surface area contributed by atoms with Crippen molar-refractivity contribution in [1.82, 2.24) is 0 Å². The lowest BCUT2D eigenvalue weighted by Gasteiger charge is -2.17. The van der Waals surface area contributed by atoms with Gasteiger partial charge >= 0.3 is 11.9 Å². The SMILES string of the molecule is CCCCCCCCCCCCCCCCOc1cc(/C=C/c2cc(OCCCCCCCCCCCCCCCC)c(/C=C(\C#N)C(=O)OCC)cc2OCCCCCCCCCCCCCCCC)c(OCCCCCCCCCCCCCCCC)cc1/C=C/c1cc(OCCCCCCCCCCCCCCCC)c(/C=C(\C#N)C(=O)OCC)cc1OCCCCCCCCCCCCCCCC. The normalized spacial score (nSPS) is 11.8. The molecule has 3 rings (SSSR count). The molecule has 0 bridgehead atoms. The van der Waals surface area contributed by atoms with E-state index in [1.54, 1.807) is 26.0 Å². The number of nitrogens with zero attached hydrogens (tertiary/aromatic N) is 2. The molecule has 142 heavy (non-hydrogen) atoms. The van der Waals surface area contributed by atoms with Crippen molar-refractivity contribution in [3.63, 3.8) is 0 Å². The zero-order chi connectivity index (χ0) is 102. The van der Waals surface area contributed by atoms with Crippen molar-refractivity contribution >= 4 is 48.4 Å². The summed E-state index contributed by atoms with van der Waals surface area (Å²) in [5.74, 6) is 2.55. The molecule has 0 N–H and O–H groups in total. The monoisotopic (exact) mass is 1970 g/mol. The Morgan fingerprint density at radius 3 is 0.437 bits per heavy atom. The minimum atomic E-state index is -0.666. The molecular formula is C130H220N2O10. The van der Waals surface area contributed by atoms with Crippen LogP contribution in [-0.2, 0) is 19.1 Å². The van der Waals surface area contributed by atoms with Crippen molar-refractivity contribution in [3.05, 3.63) is 80.9 Å². The van der Waals surface area contributed by atoms with E-state index in [9.17, 15) is 20.1 Å². The predicted octanol–water partition coefficient (Wildman–Crippen LogP) is 42.1. The van der Waals surface area contributed by atoms with E-state index in [1.165, 1.54) is 437 Å². The summed E-state index contributed by atoms with van der Waals surface area (Å²) >= 11 is 0. The molecule has 0 fully saturated rings. The van der Waals surface area contributed by atoms with E-state index >= 15 is 0 Å². The minimum Gasteiger partial charge on any atom is -0.493 e. The highest BCUT2D eigenvalue weighted by Gasteiger charge is 2.21. The van der Waals surface area contributed by atoms with Crippen molar-refractivity contribution in [1.29, 1.82) is 10.5 Å². The summed E-state index contributed by atoms with van der Waals surface area (Å²) in [6.07, 6.45) is 118. The first-order chi connectivity index (χ1) is 70.1. The predicted molar refractivity (Wildman–Crippen MR) is 612 cm³/mol. The Balaban J connectivity index is 2.35. The highest BCUT2D eigenvalue weighted by Crippen LogP contribution is 2.40. The van der Waals surface area contributed by atoms with Crippen LogP contribution in [-0.4, -0.2) is 64.8 Å². The second-order valence-corrected chi connectivity index (χ2v) is 41.9. The fourth-order valence-corrected chi connectivity index (χ4v) is 19.5. The van der Waals surface area contributed by atoms with E-state index in [4.69, 9.17) is 37.9 Å². The zero-order valence-electron chi connectivity index (χ0n) is 94.0. The van der Waals surface area contributed by atoms with Gasteiger partial charge in [-0.3, -0.25) is 0 Å². The Morgan fingerprint density at radius 1 is 0.190 bits per heavy atom. The molecule has 12 heteroatoms. The van der Waals surface area contributed by atoms with Crippen molar-refractivity contribution in [2.45, 2.75) is 595 Å². The van der Waals surface area contributed by atoms with Gasteiger partial charge in [0, 0.05) is 33.4 Å². The van der Waals surface area contributed by atoms with Crippen LogP contribution in [0, 0.1) is 22.7 Å². The minimum absolute atomic E-state index is 0.0942. The highest BCUT2D eigenvalue weighted by molar-refractivity contribution is 5.99. The van der Waals surface area contributed by atoms with Gasteiger partial charge < -0.3 is 37.9 Å². The Labute approximate surface area is 876 Å². The topological polar surface area (TPSA) is 156 Å². The summed E-state index contributed by atoms with van der Waals surface area (Å²) in [6, 6.07) is 16.7. The van der Waals surface area contributed by atoms with Crippen LogP contribution >= 0.6 is 0 Å². The van der Waals surface area contributed by atoms with Crippen molar-refractivity contribution in [3.8, 4) is 46.6 Å². The van der Waals surface area contributed by atoms with E-state index in [-0.39, 0.29) is 24.4 Å². The van der Waals surface area contributed by atoms with Gasteiger partial charge in [-0.15, -0.1) is 0 Å². The van der Waals surface area contributed by atoms with Gasteiger partial charge in [0.25, 0.3) is 0 Å². The van der Waals surface area contributed by atoms with Crippen LogP contribution in [0.3, 0.4) is 0 Å². The number of benzene rings is 3. The van der Waals surface area contributed by atoms with Crippen LogP contribution in [0.4, 0.5) is 0 Å². The lowest BCUT2D eigenvalue weighted by molar-refractivity contribution is -0.138. The fourth-order valence-electron chi connectivity index (χ4n) is 19.5. The molecule has 0 aliphatic heterocycles. The van der Waals surface area contributed by atoms with Crippen LogP contribution in [0.25, 0.3) is 36.5 Å². The number of esters is 2. The smallest absolute Gasteiger partial charge is 0.348 e. The van der Waals surface area contributed by atoms with Gasteiger partial charge in [0.2, 0.25) is 0 Å². The number of hydrogen-bond donors (Lipinski definition) is 0. The molecule has 0 unspecified atom stereocenters. The highest BCUT2D eigenvalue weighted by atomic mass is 16.5. The van der Waals surface area contributed by atoms with E-state index < -0.39 is 11.9 Å². The molecule has 0 radical (unpaired) electrons. The van der Waals surface area contributed by atoms with Gasteiger partial charge in [0.15, 0.2) is 0 Å². The van der Waals surface area contributed by atoms with E-state index in [0.717, 1.165) is 136 Å². The largest absolute Gasteiger partial charge is 0.493 e. The van der Waals surface area contributed by atoms with Crippen molar-refractivity contribution in [2.24, 2.45) is 0 Å². The average Bonchev–Trinajstić information content (AvgIpc) is 0.807. The summed E-state index contributed by atoms with van der Waals surface area (Å²) in [4.78, 5) is 27.1. The van der Waals surface area contributed by atoms with E-state index in [1.807, 2.05) is 24.3 Å². The lowest BCUT2D eigenvalue weighted by atomic mass is 10.0. The van der Waals surface area contributed by atoms with Gasteiger partial charge in [-0.05, 0) is 101 Å². The third kappa shape index (κ3) is 72.6. The molecule has 0 saturated heterocycles. The van der Waals surface area contributed by atoms with Crippen LogP contribution in [0.5, 0.6) is 34.5 Å². The Morgan fingerprint density at radius 2 is 0.310 bits per heavy atom. The van der Waals surface area contributed by atoms with Crippen molar-refractivity contribution < 1.29 is 47.5 Å². The van der Waals surface area contributed by atoms with Crippen molar-refractivity contribution in [2.75, 3.05) is 52.9 Å². The lowest BCUT2D eigenvalue weighted by Crippen LogP contribution is -2.07. The van der Waals surface area contributed by atoms with Crippen LogP contribution in [0.1, 0.15) is 628 Å². The first kappa shape index (κ1) is 129. The summed E-state index contributed by atoms with van der Waals surface area (Å²) in [6.45, 7) is 20.6. The number of nitriles is 2. The first-order valence-corrected chi connectivity index (χ1v) is 61.4. The Bertz CT molecular complexity index is 3400. The molecular weight excluding hydrogens is 1750 g/mol. The second kappa shape index (κ2) is 99.0. The van der Waals surface area contributed by atoms with E-state index in [0.29, 0.717) is 73.8 Å². The molecule has 3 aromatic rings. The maximum Gasteiger partial charge on any atom is 0.348 e. The maximum atomic E-state index is 13.6. The summed E-state index contributed by atoms with van der Waals surface area (Å²) < 4.78 is 53.1. The molecule has 0 aromatic heterocycles. The summed E-state index contributed by atoms with van der Waals surface area (Å²) in [5, 5.41) is 21.2. The number of hydrogen-bond acceptors (Lipinski definition) is 12. The van der Waals surface area contributed by atoms with Crippen LogP contribution in [0.15, 0.2) is 47.5 Å². The quantitative estimate of drug-likeness (QED) is 0.0174. The van der Waals surface area contributed by atoms with Gasteiger partial charge in [-0.25, -0.2) is 9.59 Å². The third-order valence-corrected chi connectivity index (χ3v) is 28.7. The van der Waals surface area contributed by atoms with Crippen LogP contribution in [0.2, 0.25) is 0 Å². The number of ether oxygens (including phenoxy) is 8. The summed E-state index contributed by atoms with van der Waals surface area (Å²) in [5.41, 5.74) is 4.35. The third-order valence-electron chi connectivity index (χ3n) is 28.7. The Kier molecular flexibility index (Phi) is 90.3. The van der Waals surface area contributed by atoms with Gasteiger partial charge in [-0.2, -0.15) is 10.5 Å². The number of unbranched alkanes of at least 4 members (excludes halogenated alkanes) is 78. The molecule has 0 amide bonds. The average molecular weight is 1970 g/mol. The number of rotatable bonds is 106. The molecule has 0 aliphatic carbocycles. The second-order valence-electron chi connectivity index (χ2n) is 41.9.